The van der Waals surface area contributed by atoms with Crippen LogP contribution in [-0.2, 0) is 0 Å². The van der Waals surface area contributed by atoms with Crippen molar-refractivity contribution in [3.8, 4) is 17.2 Å². The summed E-state index contributed by atoms with van der Waals surface area (Å²) in [6, 6.07) is 10.8. The molecule has 0 N–H and O–H groups in total. The standard InChI is InChI=1S/C18H13BrO6/c1-22-14-7-11(8-15(23-2)17(14)19)18(21)24-12-5-3-10-4-6-16(20)25-13(10)9-12/h3-9H,1-2H3. The zero-order valence-corrected chi connectivity index (χ0v) is 15.0. The van der Waals surface area contributed by atoms with Gasteiger partial charge in [0.15, 0.2) is 0 Å². The highest BCUT2D eigenvalue weighted by Gasteiger charge is 2.16. The average Bonchev–Trinajstić information content (AvgIpc) is 2.61. The molecule has 3 aromatic rings. The van der Waals surface area contributed by atoms with Gasteiger partial charge in [0.2, 0.25) is 0 Å². The Kier molecular flexibility index (Phi) is 4.76. The maximum atomic E-state index is 12.4. The molecule has 0 fully saturated rings. The molecule has 25 heavy (non-hydrogen) atoms. The zero-order chi connectivity index (χ0) is 18.0. The summed E-state index contributed by atoms with van der Waals surface area (Å²) < 4.78 is 21.5. The molecule has 0 aliphatic heterocycles. The van der Waals surface area contributed by atoms with E-state index in [2.05, 4.69) is 15.9 Å². The van der Waals surface area contributed by atoms with E-state index in [1.807, 2.05) is 0 Å². The van der Waals surface area contributed by atoms with Gasteiger partial charge in [-0.3, -0.25) is 0 Å². The van der Waals surface area contributed by atoms with Gasteiger partial charge in [0.05, 0.1) is 19.8 Å². The molecule has 128 valence electrons. The summed E-state index contributed by atoms with van der Waals surface area (Å²) in [5, 5.41) is 0.728. The summed E-state index contributed by atoms with van der Waals surface area (Å²) >= 11 is 3.34. The van der Waals surface area contributed by atoms with Crippen LogP contribution in [0.4, 0.5) is 0 Å². The van der Waals surface area contributed by atoms with Crippen molar-refractivity contribution in [1.82, 2.24) is 0 Å². The Morgan fingerprint density at radius 3 is 2.28 bits per heavy atom. The fraction of sp³-hybridized carbons (Fsp3) is 0.111. The van der Waals surface area contributed by atoms with Gasteiger partial charge < -0.3 is 18.6 Å². The van der Waals surface area contributed by atoms with Crippen LogP contribution in [0.1, 0.15) is 10.4 Å². The molecule has 0 saturated heterocycles. The number of rotatable bonds is 4. The molecule has 0 aliphatic rings. The van der Waals surface area contributed by atoms with Crippen LogP contribution in [0.2, 0.25) is 0 Å². The van der Waals surface area contributed by atoms with E-state index in [9.17, 15) is 9.59 Å². The largest absolute Gasteiger partial charge is 0.495 e. The maximum Gasteiger partial charge on any atom is 0.343 e. The first-order chi connectivity index (χ1) is 12.0. The number of halogens is 1. The van der Waals surface area contributed by atoms with Gasteiger partial charge in [0.25, 0.3) is 0 Å². The van der Waals surface area contributed by atoms with Crippen LogP contribution >= 0.6 is 15.9 Å². The summed E-state index contributed by atoms with van der Waals surface area (Å²) in [4.78, 5) is 23.7. The van der Waals surface area contributed by atoms with Crippen LogP contribution in [0.25, 0.3) is 11.0 Å². The van der Waals surface area contributed by atoms with E-state index in [0.29, 0.717) is 21.6 Å². The Balaban J connectivity index is 1.93. The Morgan fingerprint density at radius 2 is 1.64 bits per heavy atom. The first kappa shape index (κ1) is 17.0. The number of ether oxygens (including phenoxy) is 3. The SMILES string of the molecule is COc1cc(C(=O)Oc2ccc3ccc(=O)oc3c2)cc(OC)c1Br. The third-order valence-electron chi connectivity index (χ3n) is 3.49. The van der Waals surface area contributed by atoms with E-state index < -0.39 is 11.6 Å². The Morgan fingerprint density at radius 1 is 1.00 bits per heavy atom. The molecule has 2 aromatic carbocycles. The third-order valence-corrected chi connectivity index (χ3v) is 4.27. The Hall–Kier alpha value is -2.80. The minimum absolute atomic E-state index is 0.256. The van der Waals surface area contributed by atoms with Crippen LogP contribution in [-0.4, -0.2) is 20.2 Å². The van der Waals surface area contributed by atoms with Crippen molar-refractivity contribution in [3.63, 3.8) is 0 Å². The highest BCUT2D eigenvalue weighted by molar-refractivity contribution is 9.10. The molecule has 3 rings (SSSR count). The molecule has 6 nitrogen and oxygen atoms in total. The second-order valence-corrected chi connectivity index (χ2v) is 5.83. The predicted octanol–water partition coefficient (Wildman–Crippen LogP) is 3.79. The number of hydrogen-bond donors (Lipinski definition) is 0. The summed E-state index contributed by atoms with van der Waals surface area (Å²) in [7, 11) is 2.97. The lowest BCUT2D eigenvalue weighted by Crippen LogP contribution is -2.09. The summed E-state index contributed by atoms with van der Waals surface area (Å²) in [6.45, 7) is 0. The van der Waals surface area contributed by atoms with Gasteiger partial charge in [-0.05, 0) is 46.3 Å². The first-order valence-electron chi connectivity index (χ1n) is 7.19. The summed E-state index contributed by atoms with van der Waals surface area (Å²) in [6.07, 6.45) is 0. The minimum atomic E-state index is -0.596. The molecule has 0 saturated carbocycles. The molecule has 1 heterocycles. The maximum absolute atomic E-state index is 12.4. The van der Waals surface area contributed by atoms with Crippen LogP contribution in [0.5, 0.6) is 17.2 Å². The lowest BCUT2D eigenvalue weighted by atomic mass is 10.2. The van der Waals surface area contributed by atoms with Crippen molar-refractivity contribution >= 4 is 32.9 Å². The van der Waals surface area contributed by atoms with E-state index in [4.69, 9.17) is 18.6 Å². The molecule has 0 amide bonds. The van der Waals surface area contributed by atoms with Gasteiger partial charge >= 0.3 is 11.6 Å². The Bertz CT molecular complexity index is 983. The topological polar surface area (TPSA) is 75.0 Å². The highest BCUT2D eigenvalue weighted by atomic mass is 79.9. The van der Waals surface area contributed by atoms with E-state index in [1.165, 1.54) is 38.5 Å². The van der Waals surface area contributed by atoms with Gasteiger partial charge in [0, 0.05) is 17.5 Å². The van der Waals surface area contributed by atoms with Crippen molar-refractivity contribution in [2.24, 2.45) is 0 Å². The van der Waals surface area contributed by atoms with Gasteiger partial charge in [-0.2, -0.15) is 0 Å². The van der Waals surface area contributed by atoms with Crippen molar-refractivity contribution in [1.29, 1.82) is 0 Å². The minimum Gasteiger partial charge on any atom is -0.495 e. The molecule has 0 spiro atoms. The summed E-state index contributed by atoms with van der Waals surface area (Å²) in [5.41, 5.74) is 0.119. The Labute approximate surface area is 151 Å². The fourth-order valence-corrected chi connectivity index (χ4v) is 2.81. The molecule has 7 heteroatoms. The van der Waals surface area contributed by atoms with Crippen LogP contribution in [0.15, 0.2) is 56.1 Å². The number of benzene rings is 2. The second kappa shape index (κ2) is 6.98. The molecule has 0 atom stereocenters. The van der Waals surface area contributed by atoms with Crippen molar-refractivity contribution < 1.29 is 23.4 Å². The summed E-state index contributed by atoms with van der Waals surface area (Å²) in [5.74, 6) is 0.543. The van der Waals surface area contributed by atoms with Gasteiger partial charge in [-0.25, -0.2) is 9.59 Å². The molecule has 1 aromatic heterocycles. The van der Waals surface area contributed by atoms with Crippen molar-refractivity contribution in [3.05, 3.63) is 62.9 Å². The van der Waals surface area contributed by atoms with E-state index >= 15 is 0 Å². The number of fused-ring (bicyclic) bond motifs is 1. The monoisotopic (exact) mass is 404 g/mol. The number of carbonyl (C=O) groups is 1. The van der Waals surface area contributed by atoms with Gasteiger partial charge in [-0.1, -0.05) is 0 Å². The molecule has 0 unspecified atom stereocenters. The number of methoxy groups -OCH3 is 2. The van der Waals surface area contributed by atoms with Gasteiger partial charge in [-0.15, -0.1) is 0 Å². The smallest absolute Gasteiger partial charge is 0.343 e. The fourth-order valence-electron chi connectivity index (χ4n) is 2.26. The van der Waals surface area contributed by atoms with E-state index in [-0.39, 0.29) is 11.3 Å². The highest BCUT2D eigenvalue weighted by Crippen LogP contribution is 2.36. The second-order valence-electron chi connectivity index (χ2n) is 5.04. The van der Waals surface area contributed by atoms with Crippen molar-refractivity contribution in [2.45, 2.75) is 0 Å². The molecular formula is C18H13BrO6. The van der Waals surface area contributed by atoms with E-state index in [0.717, 1.165) is 5.39 Å². The van der Waals surface area contributed by atoms with Crippen LogP contribution in [0.3, 0.4) is 0 Å². The molecular weight excluding hydrogens is 392 g/mol. The molecule has 0 bridgehead atoms. The van der Waals surface area contributed by atoms with E-state index in [1.54, 1.807) is 18.2 Å². The zero-order valence-electron chi connectivity index (χ0n) is 13.4. The lowest BCUT2D eigenvalue weighted by molar-refractivity contribution is 0.0734. The van der Waals surface area contributed by atoms with Gasteiger partial charge in [0.1, 0.15) is 27.3 Å². The average molecular weight is 405 g/mol. The lowest BCUT2D eigenvalue weighted by Gasteiger charge is -2.11. The number of carbonyl (C=O) groups excluding carboxylic acids is 1. The van der Waals surface area contributed by atoms with Crippen LogP contribution in [0, 0.1) is 0 Å². The number of esters is 1. The first-order valence-corrected chi connectivity index (χ1v) is 7.98. The van der Waals surface area contributed by atoms with Crippen LogP contribution < -0.4 is 19.8 Å². The third kappa shape index (κ3) is 3.51. The number of hydrogen-bond acceptors (Lipinski definition) is 6. The quantitative estimate of drug-likeness (QED) is 0.374. The molecule has 0 radical (unpaired) electrons. The molecule has 0 aliphatic carbocycles. The van der Waals surface area contributed by atoms with Crippen molar-refractivity contribution in [2.75, 3.05) is 14.2 Å². The predicted molar refractivity (Wildman–Crippen MR) is 94.7 cm³/mol. The normalized spacial score (nSPS) is 10.5.